The SMILES string of the molecule is CN(C(=O)c1cc2c(cn1)nc(N)c1cncn12)[C@H]1c2ccc(C(F)(F)F)cc2[C@@H]2C[C@@H]21. The maximum atomic E-state index is 13.3. The van der Waals surface area contributed by atoms with Gasteiger partial charge < -0.3 is 10.6 Å². The van der Waals surface area contributed by atoms with Gasteiger partial charge in [-0.2, -0.15) is 13.2 Å². The van der Waals surface area contributed by atoms with Crippen LogP contribution in [0, 0.1) is 5.92 Å². The van der Waals surface area contributed by atoms with Gasteiger partial charge in [-0.05, 0) is 47.6 Å². The Kier molecular flexibility index (Phi) is 3.67. The first kappa shape index (κ1) is 19.0. The summed E-state index contributed by atoms with van der Waals surface area (Å²) in [5, 5.41) is 0. The van der Waals surface area contributed by atoms with Gasteiger partial charge in [-0.15, -0.1) is 0 Å². The van der Waals surface area contributed by atoms with Gasteiger partial charge in [0.25, 0.3) is 5.91 Å². The van der Waals surface area contributed by atoms with Gasteiger partial charge >= 0.3 is 6.18 Å². The predicted molar refractivity (Wildman–Crippen MR) is 110 cm³/mol. The maximum absolute atomic E-state index is 13.3. The molecule has 0 spiro atoms. The third-order valence-corrected chi connectivity index (χ3v) is 6.60. The van der Waals surface area contributed by atoms with Gasteiger partial charge in [-0.25, -0.2) is 15.0 Å². The Morgan fingerprint density at radius 2 is 2.00 bits per heavy atom. The van der Waals surface area contributed by atoms with E-state index in [-0.39, 0.29) is 29.5 Å². The second-order valence-electron chi connectivity index (χ2n) is 8.41. The number of nitrogen functional groups attached to an aromatic ring is 1. The Morgan fingerprint density at radius 3 is 2.78 bits per heavy atom. The monoisotopic (exact) mass is 438 g/mol. The Hall–Kier alpha value is -3.69. The summed E-state index contributed by atoms with van der Waals surface area (Å²) in [7, 11) is 1.68. The number of rotatable bonds is 2. The van der Waals surface area contributed by atoms with Gasteiger partial charge in [0.1, 0.15) is 22.5 Å². The average Bonchev–Trinajstić information content (AvgIpc) is 3.24. The first-order valence-corrected chi connectivity index (χ1v) is 10.1. The summed E-state index contributed by atoms with van der Waals surface area (Å²) in [6, 6.07) is 5.20. The van der Waals surface area contributed by atoms with Crippen molar-refractivity contribution in [2.75, 3.05) is 12.8 Å². The number of aromatic nitrogens is 4. The lowest BCUT2D eigenvalue weighted by Crippen LogP contribution is -2.32. The number of anilines is 1. The zero-order valence-corrected chi connectivity index (χ0v) is 16.8. The third-order valence-electron chi connectivity index (χ3n) is 6.60. The van der Waals surface area contributed by atoms with Crippen LogP contribution in [0.5, 0.6) is 0 Å². The molecule has 1 aromatic carbocycles. The van der Waals surface area contributed by atoms with Gasteiger partial charge in [0, 0.05) is 7.05 Å². The van der Waals surface area contributed by atoms with Crippen LogP contribution in [0.15, 0.2) is 43.0 Å². The Bertz CT molecular complexity index is 1430. The highest BCUT2D eigenvalue weighted by Crippen LogP contribution is 2.63. The largest absolute Gasteiger partial charge is 0.416 e. The van der Waals surface area contributed by atoms with Crippen LogP contribution in [0.1, 0.15) is 45.6 Å². The number of imidazole rings is 1. The molecule has 0 bridgehead atoms. The molecule has 32 heavy (non-hydrogen) atoms. The number of benzene rings is 1. The number of amides is 1. The van der Waals surface area contributed by atoms with Crippen molar-refractivity contribution in [2.24, 2.45) is 5.92 Å². The lowest BCUT2D eigenvalue weighted by atomic mass is 9.98. The van der Waals surface area contributed by atoms with Crippen LogP contribution in [0.2, 0.25) is 0 Å². The summed E-state index contributed by atoms with van der Waals surface area (Å²) in [6.07, 6.45) is 1.07. The fourth-order valence-corrected chi connectivity index (χ4v) is 4.99. The molecule has 0 saturated heterocycles. The molecule has 2 aliphatic carbocycles. The van der Waals surface area contributed by atoms with Crippen LogP contribution >= 0.6 is 0 Å². The van der Waals surface area contributed by atoms with E-state index in [4.69, 9.17) is 5.73 Å². The van der Waals surface area contributed by atoms with E-state index in [1.807, 2.05) is 0 Å². The molecule has 162 valence electrons. The second kappa shape index (κ2) is 6.18. The molecule has 1 saturated carbocycles. The highest BCUT2D eigenvalue weighted by atomic mass is 19.4. The summed E-state index contributed by atoms with van der Waals surface area (Å²) in [5.74, 6) is 0.202. The normalized spacial score (nSPS) is 21.6. The minimum Gasteiger partial charge on any atom is -0.382 e. The molecule has 1 fully saturated rings. The molecule has 7 nitrogen and oxygen atoms in total. The van der Waals surface area contributed by atoms with Gasteiger partial charge in [-0.1, -0.05) is 6.07 Å². The van der Waals surface area contributed by atoms with E-state index >= 15 is 0 Å². The number of hydrogen-bond donors (Lipinski definition) is 1. The summed E-state index contributed by atoms with van der Waals surface area (Å²) < 4.78 is 41.2. The molecule has 2 N–H and O–H groups in total. The van der Waals surface area contributed by atoms with E-state index in [0.717, 1.165) is 18.1 Å². The zero-order chi connectivity index (χ0) is 22.4. The van der Waals surface area contributed by atoms with Crippen molar-refractivity contribution in [1.29, 1.82) is 0 Å². The van der Waals surface area contributed by atoms with Crippen LogP contribution in [0.25, 0.3) is 16.6 Å². The van der Waals surface area contributed by atoms with Gasteiger partial charge in [0.05, 0.1) is 35.8 Å². The molecule has 4 aromatic rings. The molecule has 3 atom stereocenters. The molecule has 0 unspecified atom stereocenters. The number of carbonyl (C=O) groups excluding carboxylic acids is 1. The smallest absolute Gasteiger partial charge is 0.382 e. The van der Waals surface area contributed by atoms with Crippen molar-refractivity contribution < 1.29 is 18.0 Å². The van der Waals surface area contributed by atoms with Crippen molar-refractivity contribution >= 4 is 28.3 Å². The number of alkyl halides is 3. The number of nitrogens with two attached hydrogens (primary N) is 1. The quantitative estimate of drug-likeness (QED) is 0.514. The van der Waals surface area contributed by atoms with Crippen molar-refractivity contribution in [3.8, 4) is 0 Å². The van der Waals surface area contributed by atoms with Crippen molar-refractivity contribution in [3.05, 3.63) is 65.4 Å². The number of hydrogen-bond acceptors (Lipinski definition) is 5. The van der Waals surface area contributed by atoms with Crippen molar-refractivity contribution in [2.45, 2.75) is 24.6 Å². The molecule has 0 radical (unpaired) electrons. The summed E-state index contributed by atoms with van der Waals surface area (Å²) in [6.45, 7) is 0. The van der Waals surface area contributed by atoms with Gasteiger partial charge in [0.2, 0.25) is 0 Å². The van der Waals surface area contributed by atoms with Crippen molar-refractivity contribution in [3.63, 3.8) is 0 Å². The number of fused-ring (bicyclic) bond motifs is 6. The number of pyridine rings is 1. The molecule has 3 heterocycles. The van der Waals surface area contributed by atoms with Crippen molar-refractivity contribution in [1.82, 2.24) is 24.3 Å². The lowest BCUT2D eigenvalue weighted by Gasteiger charge is -2.27. The Balaban J connectivity index is 1.37. The van der Waals surface area contributed by atoms with E-state index in [1.54, 1.807) is 34.9 Å². The fraction of sp³-hybridized carbons (Fsp3) is 0.273. The number of halogens is 3. The lowest BCUT2D eigenvalue weighted by molar-refractivity contribution is -0.137. The molecule has 0 aliphatic heterocycles. The zero-order valence-electron chi connectivity index (χ0n) is 16.8. The standard InChI is InChI=1S/C22H17F3N6O/c1-30(19-11-3-2-10(22(23,24)25)4-12(11)13-5-14(13)19)21(32)15-6-17-16(7-28-15)29-20(26)18-8-27-9-31(17)18/h2-4,6-9,13-14,19H,5H2,1H3,(H2,26,29)/t13-,14-,19-/m0/s1. The third kappa shape index (κ3) is 2.61. The Labute approximate surface area is 179 Å². The predicted octanol–water partition coefficient (Wildman–Crippen LogP) is 3.81. The van der Waals surface area contributed by atoms with E-state index in [9.17, 15) is 18.0 Å². The fourth-order valence-electron chi connectivity index (χ4n) is 4.99. The number of nitrogens with zero attached hydrogens (tertiary/aromatic N) is 5. The molecule has 6 rings (SSSR count). The minimum atomic E-state index is -4.38. The first-order chi connectivity index (χ1) is 15.2. The Morgan fingerprint density at radius 1 is 1.19 bits per heavy atom. The van der Waals surface area contributed by atoms with E-state index in [1.165, 1.54) is 18.3 Å². The van der Waals surface area contributed by atoms with E-state index < -0.39 is 11.7 Å². The van der Waals surface area contributed by atoms with Crippen LogP contribution in [-0.4, -0.2) is 37.2 Å². The second-order valence-corrected chi connectivity index (χ2v) is 8.41. The molecular weight excluding hydrogens is 421 g/mol. The highest BCUT2D eigenvalue weighted by Gasteiger charge is 2.54. The van der Waals surface area contributed by atoms with Gasteiger partial charge in [-0.3, -0.25) is 9.20 Å². The highest BCUT2D eigenvalue weighted by molar-refractivity contribution is 5.96. The molecule has 10 heteroatoms. The summed E-state index contributed by atoms with van der Waals surface area (Å²) in [4.78, 5) is 27.6. The molecule has 2 aliphatic rings. The molecular formula is C22H17F3N6O. The van der Waals surface area contributed by atoms with E-state index in [0.29, 0.717) is 27.9 Å². The van der Waals surface area contributed by atoms with Crippen LogP contribution in [0.3, 0.4) is 0 Å². The average molecular weight is 438 g/mol. The summed E-state index contributed by atoms with van der Waals surface area (Å²) >= 11 is 0. The van der Waals surface area contributed by atoms with Crippen LogP contribution in [0.4, 0.5) is 19.0 Å². The minimum absolute atomic E-state index is 0.0647. The first-order valence-electron chi connectivity index (χ1n) is 10.1. The van der Waals surface area contributed by atoms with Crippen LogP contribution < -0.4 is 5.73 Å². The summed E-state index contributed by atoms with van der Waals surface area (Å²) in [5.41, 5.74) is 8.80. The molecule has 1 amide bonds. The van der Waals surface area contributed by atoms with Crippen LogP contribution in [-0.2, 0) is 6.18 Å². The van der Waals surface area contributed by atoms with Gasteiger partial charge in [0.15, 0.2) is 0 Å². The maximum Gasteiger partial charge on any atom is 0.416 e. The van der Waals surface area contributed by atoms with E-state index in [2.05, 4.69) is 15.0 Å². The topological polar surface area (TPSA) is 89.4 Å². The number of carbonyl (C=O) groups is 1. The molecule has 3 aromatic heterocycles.